The van der Waals surface area contributed by atoms with Crippen molar-refractivity contribution in [2.75, 3.05) is 37.5 Å². The fraction of sp³-hybridized carbons (Fsp3) is 0.222. The van der Waals surface area contributed by atoms with Gasteiger partial charge in [0.2, 0.25) is 0 Å². The molecular weight excluding hydrogens is 392 g/mol. The van der Waals surface area contributed by atoms with Gasteiger partial charge in [0, 0.05) is 37.5 Å². The van der Waals surface area contributed by atoms with Gasteiger partial charge in [0.25, 0.3) is 11.6 Å². The molecule has 9 nitrogen and oxygen atoms in total. The van der Waals surface area contributed by atoms with Gasteiger partial charge < -0.3 is 20.1 Å². The largest absolute Gasteiger partial charge is 0.452 e. The van der Waals surface area contributed by atoms with Crippen LogP contribution in [0, 0.1) is 21.7 Å². The number of nitro benzene ring substituents is 1. The normalized spacial score (nSPS) is 10.3. The van der Waals surface area contributed by atoms with Gasteiger partial charge in [-0.05, 0) is 18.2 Å². The average molecular weight is 409 g/mol. The lowest BCUT2D eigenvalue weighted by Crippen LogP contribution is -2.22. The van der Waals surface area contributed by atoms with Crippen molar-refractivity contribution in [2.45, 2.75) is 0 Å². The number of esters is 1. The van der Waals surface area contributed by atoms with E-state index in [2.05, 4.69) is 10.6 Å². The molecule has 0 saturated carbocycles. The van der Waals surface area contributed by atoms with Crippen LogP contribution in [-0.4, -0.2) is 43.7 Å². The molecule has 0 atom stereocenters. The molecule has 0 fully saturated rings. The number of halogens is 2. The van der Waals surface area contributed by atoms with E-state index < -0.39 is 35.0 Å². The fourth-order valence-electron chi connectivity index (χ4n) is 2.24. The Morgan fingerprint density at radius 1 is 1.14 bits per heavy atom. The van der Waals surface area contributed by atoms with E-state index in [1.165, 1.54) is 19.2 Å². The second-order valence-corrected chi connectivity index (χ2v) is 5.66. The molecule has 0 bridgehead atoms. The molecule has 2 aromatic carbocycles. The van der Waals surface area contributed by atoms with Gasteiger partial charge >= 0.3 is 5.97 Å². The number of methoxy groups -OCH3 is 1. The van der Waals surface area contributed by atoms with Gasteiger partial charge in [-0.3, -0.25) is 14.9 Å². The van der Waals surface area contributed by atoms with Crippen molar-refractivity contribution >= 4 is 28.9 Å². The molecule has 0 radical (unpaired) electrons. The Kier molecular flexibility index (Phi) is 7.54. The Morgan fingerprint density at radius 3 is 2.52 bits per heavy atom. The summed E-state index contributed by atoms with van der Waals surface area (Å²) in [6.45, 7) is -0.147. The number of anilines is 2. The van der Waals surface area contributed by atoms with E-state index in [0.29, 0.717) is 19.2 Å². The minimum Gasteiger partial charge on any atom is -0.452 e. The molecule has 0 aliphatic carbocycles. The van der Waals surface area contributed by atoms with Gasteiger partial charge in [-0.15, -0.1) is 0 Å². The standard InChI is InChI=1S/C18H17F2N3O6/c1-28-7-6-21-15-5-3-12(23(26)27)9-13(15)18(25)29-10-17(24)22-16-4-2-11(19)8-14(16)20/h2-5,8-9,21H,6-7,10H2,1H3,(H,22,24). The number of carbonyl (C=O) groups is 2. The maximum absolute atomic E-state index is 13.6. The number of hydrogen-bond donors (Lipinski definition) is 2. The second-order valence-electron chi connectivity index (χ2n) is 5.66. The summed E-state index contributed by atoms with van der Waals surface area (Å²) in [5.74, 6) is -3.68. The maximum Gasteiger partial charge on any atom is 0.341 e. The average Bonchev–Trinajstić information content (AvgIpc) is 2.68. The van der Waals surface area contributed by atoms with Crippen LogP contribution in [0.5, 0.6) is 0 Å². The molecule has 0 spiro atoms. The van der Waals surface area contributed by atoms with Crippen molar-refractivity contribution < 1.29 is 32.8 Å². The van der Waals surface area contributed by atoms with Crippen LogP contribution < -0.4 is 10.6 Å². The van der Waals surface area contributed by atoms with Crippen LogP contribution in [0.3, 0.4) is 0 Å². The molecule has 2 aromatic rings. The van der Waals surface area contributed by atoms with Crippen molar-refractivity contribution in [1.29, 1.82) is 0 Å². The highest BCUT2D eigenvalue weighted by Crippen LogP contribution is 2.23. The molecule has 2 N–H and O–H groups in total. The third-order valence-corrected chi connectivity index (χ3v) is 3.60. The van der Waals surface area contributed by atoms with Crippen LogP contribution in [0.25, 0.3) is 0 Å². The lowest BCUT2D eigenvalue weighted by molar-refractivity contribution is -0.384. The number of non-ortho nitro benzene ring substituents is 1. The van der Waals surface area contributed by atoms with Crippen LogP contribution in [0.1, 0.15) is 10.4 Å². The number of nitro groups is 1. The highest BCUT2D eigenvalue weighted by atomic mass is 19.1. The van der Waals surface area contributed by atoms with Gasteiger partial charge in [0.1, 0.15) is 11.6 Å². The first-order chi connectivity index (χ1) is 13.8. The molecule has 1 amide bonds. The van der Waals surface area contributed by atoms with Crippen molar-refractivity contribution in [1.82, 2.24) is 0 Å². The van der Waals surface area contributed by atoms with Crippen molar-refractivity contribution in [2.24, 2.45) is 0 Å². The minimum absolute atomic E-state index is 0.156. The molecule has 0 heterocycles. The second kappa shape index (κ2) is 10.1. The number of ether oxygens (including phenoxy) is 2. The van der Waals surface area contributed by atoms with Gasteiger partial charge in [-0.1, -0.05) is 0 Å². The Labute approximate surface area is 163 Å². The molecule has 29 heavy (non-hydrogen) atoms. The summed E-state index contributed by atoms with van der Waals surface area (Å²) in [4.78, 5) is 34.5. The first kappa shape index (κ1) is 21.7. The lowest BCUT2D eigenvalue weighted by atomic mass is 10.1. The van der Waals surface area contributed by atoms with Crippen LogP contribution in [-0.2, 0) is 14.3 Å². The summed E-state index contributed by atoms with van der Waals surface area (Å²) in [7, 11) is 1.48. The molecule has 0 aromatic heterocycles. The predicted octanol–water partition coefficient (Wildman–Crippen LogP) is 2.73. The van der Waals surface area contributed by atoms with Gasteiger partial charge in [0.15, 0.2) is 6.61 Å². The van der Waals surface area contributed by atoms with Crippen molar-refractivity contribution in [3.63, 3.8) is 0 Å². The maximum atomic E-state index is 13.6. The zero-order chi connectivity index (χ0) is 21.4. The molecule has 0 aliphatic rings. The quantitative estimate of drug-likeness (QED) is 0.283. The van der Waals surface area contributed by atoms with E-state index in [9.17, 15) is 28.5 Å². The summed E-state index contributed by atoms with van der Waals surface area (Å²) in [6.07, 6.45) is 0. The number of nitrogens with zero attached hydrogens (tertiary/aromatic N) is 1. The Balaban J connectivity index is 2.06. The first-order valence-electron chi connectivity index (χ1n) is 8.25. The Hall–Kier alpha value is -3.60. The number of benzene rings is 2. The summed E-state index contributed by atoms with van der Waals surface area (Å²) in [5, 5.41) is 16.0. The third kappa shape index (κ3) is 6.21. The smallest absolute Gasteiger partial charge is 0.341 e. The Morgan fingerprint density at radius 2 is 1.86 bits per heavy atom. The van der Waals surface area contributed by atoms with E-state index in [1.807, 2.05) is 0 Å². The molecule has 2 rings (SSSR count). The van der Waals surface area contributed by atoms with Crippen LogP contribution in [0.15, 0.2) is 36.4 Å². The zero-order valence-electron chi connectivity index (χ0n) is 15.2. The van der Waals surface area contributed by atoms with E-state index in [0.717, 1.165) is 18.2 Å². The van der Waals surface area contributed by atoms with E-state index in [1.54, 1.807) is 0 Å². The van der Waals surface area contributed by atoms with Crippen molar-refractivity contribution in [3.8, 4) is 0 Å². The zero-order valence-corrected chi connectivity index (χ0v) is 15.2. The lowest BCUT2D eigenvalue weighted by Gasteiger charge is -2.12. The number of amides is 1. The van der Waals surface area contributed by atoms with Crippen LogP contribution >= 0.6 is 0 Å². The summed E-state index contributed by atoms with van der Waals surface area (Å²) in [6, 6.07) is 6.10. The van der Waals surface area contributed by atoms with E-state index in [4.69, 9.17) is 9.47 Å². The van der Waals surface area contributed by atoms with Crippen LogP contribution in [0.4, 0.5) is 25.8 Å². The Bertz CT molecular complexity index is 922. The molecule has 11 heteroatoms. The topological polar surface area (TPSA) is 120 Å². The highest BCUT2D eigenvalue weighted by molar-refractivity contribution is 5.99. The summed E-state index contributed by atoms with van der Waals surface area (Å²) in [5.41, 5.74) is -0.532. The van der Waals surface area contributed by atoms with Crippen molar-refractivity contribution in [3.05, 3.63) is 63.7 Å². The van der Waals surface area contributed by atoms with Gasteiger partial charge in [0.05, 0.1) is 22.8 Å². The van der Waals surface area contributed by atoms with Gasteiger partial charge in [-0.2, -0.15) is 0 Å². The van der Waals surface area contributed by atoms with Gasteiger partial charge in [-0.25, -0.2) is 13.6 Å². The SMILES string of the molecule is COCCNc1ccc([N+](=O)[O-])cc1C(=O)OCC(=O)Nc1ccc(F)cc1F. The summed E-state index contributed by atoms with van der Waals surface area (Å²) < 4.78 is 36.2. The van der Waals surface area contributed by atoms with E-state index in [-0.39, 0.29) is 22.6 Å². The van der Waals surface area contributed by atoms with E-state index >= 15 is 0 Å². The fourth-order valence-corrected chi connectivity index (χ4v) is 2.24. The number of rotatable bonds is 9. The monoisotopic (exact) mass is 409 g/mol. The molecule has 0 aliphatic heterocycles. The molecular formula is C18H17F2N3O6. The minimum atomic E-state index is -0.997. The number of nitrogens with one attached hydrogen (secondary N) is 2. The molecule has 154 valence electrons. The number of hydrogen-bond acceptors (Lipinski definition) is 7. The summed E-state index contributed by atoms with van der Waals surface area (Å²) >= 11 is 0. The van der Waals surface area contributed by atoms with Crippen LogP contribution in [0.2, 0.25) is 0 Å². The predicted molar refractivity (Wildman–Crippen MR) is 98.7 cm³/mol. The number of carbonyl (C=O) groups excluding carboxylic acids is 2. The third-order valence-electron chi connectivity index (χ3n) is 3.60. The molecule has 0 saturated heterocycles. The first-order valence-corrected chi connectivity index (χ1v) is 8.25. The highest BCUT2D eigenvalue weighted by Gasteiger charge is 2.19. The molecule has 0 unspecified atom stereocenters.